The quantitative estimate of drug-likeness (QED) is 0.781. The highest BCUT2D eigenvalue weighted by Gasteiger charge is 2.15. The summed E-state index contributed by atoms with van der Waals surface area (Å²) in [4.78, 5) is 12.0. The Kier molecular flexibility index (Phi) is 3.82. The first kappa shape index (κ1) is 12.8. The van der Waals surface area contributed by atoms with E-state index in [1.807, 2.05) is 6.92 Å². The Labute approximate surface area is 109 Å². The summed E-state index contributed by atoms with van der Waals surface area (Å²) >= 11 is 5.79. The second-order valence-corrected chi connectivity index (χ2v) is 4.38. The van der Waals surface area contributed by atoms with Gasteiger partial charge < -0.3 is 4.42 Å². The molecule has 2 rings (SSSR count). The van der Waals surface area contributed by atoms with Crippen molar-refractivity contribution >= 4 is 17.4 Å². The molecule has 0 amide bonds. The molecule has 1 aromatic carbocycles. The Morgan fingerprint density at radius 3 is 2.89 bits per heavy atom. The molecule has 0 atom stereocenters. The Bertz CT molecular complexity index is 575. The van der Waals surface area contributed by atoms with Crippen molar-refractivity contribution in [1.82, 2.24) is 0 Å². The van der Waals surface area contributed by atoms with E-state index in [9.17, 15) is 9.18 Å². The van der Waals surface area contributed by atoms with E-state index in [2.05, 4.69) is 0 Å². The number of Topliss-reactive ketones (excluding diaryl/α,β-unsaturated/α-hetero) is 1. The van der Waals surface area contributed by atoms with E-state index >= 15 is 0 Å². The third-order valence-electron chi connectivity index (χ3n) is 2.73. The molecule has 94 valence electrons. The van der Waals surface area contributed by atoms with Crippen molar-refractivity contribution in [2.45, 2.75) is 19.8 Å². The number of benzene rings is 1. The van der Waals surface area contributed by atoms with Crippen molar-refractivity contribution in [3.63, 3.8) is 0 Å². The summed E-state index contributed by atoms with van der Waals surface area (Å²) in [5.41, 5.74) is 0.813. The average molecular weight is 267 g/mol. The van der Waals surface area contributed by atoms with Gasteiger partial charge in [0.1, 0.15) is 11.6 Å². The first-order chi connectivity index (χ1) is 8.61. The zero-order valence-corrected chi connectivity index (χ0v) is 10.6. The lowest BCUT2D eigenvalue weighted by molar-refractivity contribution is 0.0990. The number of hydrogen-bond acceptors (Lipinski definition) is 2. The van der Waals surface area contributed by atoms with Gasteiger partial charge in [-0.1, -0.05) is 18.5 Å². The SMILES string of the molecule is CCc1occc1C(=O)Cc1cc(Cl)ccc1F. The van der Waals surface area contributed by atoms with Gasteiger partial charge in [0.05, 0.1) is 11.8 Å². The van der Waals surface area contributed by atoms with Crippen LogP contribution in [-0.4, -0.2) is 5.78 Å². The molecule has 0 aliphatic rings. The van der Waals surface area contributed by atoms with Gasteiger partial charge in [-0.25, -0.2) is 4.39 Å². The summed E-state index contributed by atoms with van der Waals surface area (Å²) in [6.45, 7) is 1.90. The summed E-state index contributed by atoms with van der Waals surface area (Å²) in [6, 6.07) is 5.81. The number of furan rings is 1. The fourth-order valence-electron chi connectivity index (χ4n) is 1.81. The molecule has 2 nitrogen and oxygen atoms in total. The van der Waals surface area contributed by atoms with Crippen molar-refractivity contribution in [3.05, 3.63) is 58.3 Å². The summed E-state index contributed by atoms with van der Waals surface area (Å²) in [6.07, 6.45) is 2.09. The molecule has 0 aliphatic heterocycles. The second kappa shape index (κ2) is 5.36. The first-order valence-electron chi connectivity index (χ1n) is 5.65. The van der Waals surface area contributed by atoms with Gasteiger partial charge in [0.2, 0.25) is 0 Å². The van der Waals surface area contributed by atoms with E-state index in [-0.39, 0.29) is 12.2 Å². The van der Waals surface area contributed by atoms with Crippen LogP contribution in [0.25, 0.3) is 0 Å². The van der Waals surface area contributed by atoms with Crippen LogP contribution in [-0.2, 0) is 12.8 Å². The highest BCUT2D eigenvalue weighted by Crippen LogP contribution is 2.19. The number of carbonyl (C=O) groups is 1. The normalized spacial score (nSPS) is 10.6. The molecule has 0 saturated heterocycles. The van der Waals surface area contributed by atoms with E-state index in [4.69, 9.17) is 16.0 Å². The second-order valence-electron chi connectivity index (χ2n) is 3.95. The summed E-state index contributed by atoms with van der Waals surface area (Å²) < 4.78 is 18.7. The van der Waals surface area contributed by atoms with Gasteiger partial charge in [0.25, 0.3) is 0 Å². The van der Waals surface area contributed by atoms with E-state index in [1.165, 1.54) is 24.5 Å². The van der Waals surface area contributed by atoms with Gasteiger partial charge in [0.15, 0.2) is 5.78 Å². The van der Waals surface area contributed by atoms with Crippen LogP contribution in [0.3, 0.4) is 0 Å². The molecule has 2 aromatic rings. The number of halogens is 2. The van der Waals surface area contributed by atoms with Crippen molar-refractivity contribution in [3.8, 4) is 0 Å². The maximum atomic E-state index is 13.5. The average Bonchev–Trinajstić information content (AvgIpc) is 2.82. The molecule has 1 heterocycles. The molecule has 0 fully saturated rings. The minimum absolute atomic E-state index is 0.0150. The van der Waals surface area contributed by atoms with Crippen LogP contribution in [0.4, 0.5) is 4.39 Å². The molecule has 0 aliphatic carbocycles. The standard InChI is InChI=1S/C14H12ClFO2/c1-2-14-11(5-6-18-14)13(17)8-9-7-10(15)3-4-12(9)16/h3-7H,2,8H2,1H3. The molecule has 1 aromatic heterocycles. The highest BCUT2D eigenvalue weighted by atomic mass is 35.5. The van der Waals surface area contributed by atoms with Gasteiger partial charge in [-0.2, -0.15) is 0 Å². The number of aryl methyl sites for hydroxylation is 1. The lowest BCUT2D eigenvalue weighted by Crippen LogP contribution is -2.06. The minimum atomic E-state index is -0.422. The van der Waals surface area contributed by atoms with Crippen LogP contribution < -0.4 is 0 Å². The smallest absolute Gasteiger partial charge is 0.170 e. The predicted octanol–water partition coefficient (Wildman–Crippen LogP) is 4.06. The fourth-order valence-corrected chi connectivity index (χ4v) is 2.00. The third-order valence-corrected chi connectivity index (χ3v) is 2.96. The predicted molar refractivity (Wildman–Crippen MR) is 67.5 cm³/mol. The fraction of sp³-hybridized carbons (Fsp3) is 0.214. The Morgan fingerprint density at radius 1 is 1.39 bits per heavy atom. The molecular formula is C14H12ClFO2. The summed E-state index contributed by atoms with van der Waals surface area (Å²) in [5.74, 6) is 0.0403. The molecule has 0 unspecified atom stereocenters. The van der Waals surface area contributed by atoms with Crippen LogP contribution in [0.5, 0.6) is 0 Å². The molecule has 0 radical (unpaired) electrons. The van der Waals surface area contributed by atoms with E-state index in [0.717, 1.165) is 0 Å². The Hall–Kier alpha value is -1.61. The maximum Gasteiger partial charge on any atom is 0.170 e. The van der Waals surface area contributed by atoms with Crippen LogP contribution in [0.2, 0.25) is 5.02 Å². The molecule has 18 heavy (non-hydrogen) atoms. The van der Waals surface area contributed by atoms with Gasteiger partial charge in [-0.05, 0) is 29.8 Å². The Balaban J connectivity index is 2.24. The van der Waals surface area contributed by atoms with Crippen molar-refractivity contribution in [1.29, 1.82) is 0 Å². The summed E-state index contributed by atoms with van der Waals surface area (Å²) in [7, 11) is 0. The van der Waals surface area contributed by atoms with Crippen molar-refractivity contribution in [2.75, 3.05) is 0 Å². The zero-order chi connectivity index (χ0) is 13.1. The van der Waals surface area contributed by atoms with Gasteiger partial charge in [-0.3, -0.25) is 4.79 Å². The monoisotopic (exact) mass is 266 g/mol. The maximum absolute atomic E-state index is 13.5. The van der Waals surface area contributed by atoms with E-state index < -0.39 is 5.82 Å². The largest absolute Gasteiger partial charge is 0.469 e. The zero-order valence-electron chi connectivity index (χ0n) is 9.87. The Morgan fingerprint density at radius 2 is 2.17 bits per heavy atom. The molecule has 4 heteroatoms. The van der Waals surface area contributed by atoms with Gasteiger partial charge in [-0.15, -0.1) is 0 Å². The molecule has 0 saturated carbocycles. The molecular weight excluding hydrogens is 255 g/mol. The lowest BCUT2D eigenvalue weighted by Gasteiger charge is -2.03. The summed E-state index contributed by atoms with van der Waals surface area (Å²) in [5, 5.41) is 0.419. The molecule has 0 spiro atoms. The minimum Gasteiger partial charge on any atom is -0.469 e. The van der Waals surface area contributed by atoms with Crippen molar-refractivity contribution < 1.29 is 13.6 Å². The number of hydrogen-bond donors (Lipinski definition) is 0. The van der Waals surface area contributed by atoms with Crippen LogP contribution in [0.15, 0.2) is 34.9 Å². The number of rotatable bonds is 4. The topological polar surface area (TPSA) is 30.2 Å². The third kappa shape index (κ3) is 2.62. The van der Waals surface area contributed by atoms with Crippen molar-refractivity contribution in [2.24, 2.45) is 0 Å². The molecule has 0 bridgehead atoms. The van der Waals surface area contributed by atoms with Crippen LogP contribution >= 0.6 is 11.6 Å². The highest BCUT2D eigenvalue weighted by molar-refractivity contribution is 6.30. The van der Waals surface area contributed by atoms with Crippen LogP contribution in [0, 0.1) is 5.82 Å². The van der Waals surface area contributed by atoms with Crippen LogP contribution in [0.1, 0.15) is 28.6 Å². The van der Waals surface area contributed by atoms with Gasteiger partial charge in [0, 0.05) is 17.9 Å². The van der Waals surface area contributed by atoms with Gasteiger partial charge >= 0.3 is 0 Å². The number of ketones is 1. The molecule has 0 N–H and O–H groups in total. The first-order valence-corrected chi connectivity index (χ1v) is 6.03. The number of carbonyl (C=O) groups excluding carboxylic acids is 1. The lowest BCUT2D eigenvalue weighted by atomic mass is 10.0. The van der Waals surface area contributed by atoms with E-state index in [1.54, 1.807) is 6.07 Å². The van der Waals surface area contributed by atoms with E-state index in [0.29, 0.717) is 28.3 Å².